The van der Waals surface area contributed by atoms with E-state index in [2.05, 4.69) is 0 Å². The number of ether oxygens (including phenoxy) is 2. The third kappa shape index (κ3) is 2.04. The fourth-order valence-electron chi connectivity index (χ4n) is 1.63. The van der Waals surface area contributed by atoms with Gasteiger partial charge in [-0.1, -0.05) is 0 Å². The zero-order valence-electron chi connectivity index (χ0n) is 8.84. The molecule has 2 N–H and O–H groups in total. The van der Waals surface area contributed by atoms with Crippen LogP contribution in [0.5, 0.6) is 11.5 Å². The summed E-state index contributed by atoms with van der Waals surface area (Å²) < 4.78 is 24.0. The SMILES string of the molecule is CC(C)(N)Cc1c(F)ccc2c1OCO2. The lowest BCUT2D eigenvalue weighted by atomic mass is 9.95. The Morgan fingerprint density at radius 3 is 2.80 bits per heavy atom. The lowest BCUT2D eigenvalue weighted by molar-refractivity contribution is 0.172. The molecular formula is C11H14FNO2. The minimum atomic E-state index is -0.470. The second-order valence-corrected chi connectivity index (χ2v) is 4.43. The van der Waals surface area contributed by atoms with Crippen molar-refractivity contribution in [1.29, 1.82) is 0 Å². The molecular weight excluding hydrogens is 197 g/mol. The minimum Gasteiger partial charge on any atom is -0.454 e. The first-order valence-electron chi connectivity index (χ1n) is 4.83. The van der Waals surface area contributed by atoms with Gasteiger partial charge in [-0.3, -0.25) is 0 Å². The Morgan fingerprint density at radius 1 is 1.40 bits per heavy atom. The Bertz CT molecular complexity index is 385. The van der Waals surface area contributed by atoms with Crippen molar-refractivity contribution < 1.29 is 13.9 Å². The van der Waals surface area contributed by atoms with E-state index in [0.717, 1.165) is 0 Å². The molecule has 15 heavy (non-hydrogen) atoms. The zero-order chi connectivity index (χ0) is 11.1. The smallest absolute Gasteiger partial charge is 0.231 e. The first kappa shape index (κ1) is 10.2. The molecule has 0 saturated carbocycles. The van der Waals surface area contributed by atoms with Crippen molar-refractivity contribution in [3.05, 3.63) is 23.5 Å². The van der Waals surface area contributed by atoms with Gasteiger partial charge < -0.3 is 15.2 Å². The van der Waals surface area contributed by atoms with Gasteiger partial charge in [-0.25, -0.2) is 4.39 Å². The summed E-state index contributed by atoms with van der Waals surface area (Å²) in [6, 6.07) is 2.96. The van der Waals surface area contributed by atoms with Gasteiger partial charge in [0.15, 0.2) is 11.5 Å². The lowest BCUT2D eigenvalue weighted by Gasteiger charge is -2.19. The van der Waals surface area contributed by atoms with Crippen LogP contribution in [0.4, 0.5) is 4.39 Å². The van der Waals surface area contributed by atoms with Crippen LogP contribution in [0.3, 0.4) is 0 Å². The Morgan fingerprint density at radius 2 is 2.13 bits per heavy atom. The Labute approximate surface area is 88.0 Å². The average Bonchev–Trinajstić information content (AvgIpc) is 2.56. The van der Waals surface area contributed by atoms with Crippen LogP contribution >= 0.6 is 0 Å². The highest BCUT2D eigenvalue weighted by Gasteiger charge is 2.24. The molecule has 0 aromatic heterocycles. The third-order valence-electron chi connectivity index (χ3n) is 2.22. The van der Waals surface area contributed by atoms with E-state index in [4.69, 9.17) is 15.2 Å². The van der Waals surface area contributed by atoms with Gasteiger partial charge in [0.1, 0.15) is 5.82 Å². The largest absolute Gasteiger partial charge is 0.454 e. The fraction of sp³-hybridized carbons (Fsp3) is 0.455. The third-order valence-corrected chi connectivity index (χ3v) is 2.22. The normalized spacial score (nSPS) is 14.4. The first-order chi connectivity index (χ1) is 6.97. The zero-order valence-corrected chi connectivity index (χ0v) is 8.84. The van der Waals surface area contributed by atoms with Gasteiger partial charge in [0.05, 0.1) is 0 Å². The van der Waals surface area contributed by atoms with Gasteiger partial charge in [-0.15, -0.1) is 0 Å². The average molecular weight is 211 g/mol. The number of hydrogen-bond acceptors (Lipinski definition) is 3. The van der Waals surface area contributed by atoms with Crippen LogP contribution in [-0.4, -0.2) is 12.3 Å². The Balaban J connectivity index is 2.41. The van der Waals surface area contributed by atoms with E-state index in [1.807, 2.05) is 13.8 Å². The van der Waals surface area contributed by atoms with E-state index in [1.54, 1.807) is 6.07 Å². The molecule has 4 heteroatoms. The lowest BCUT2D eigenvalue weighted by Crippen LogP contribution is -2.34. The van der Waals surface area contributed by atoms with Gasteiger partial charge in [0.2, 0.25) is 6.79 Å². The molecule has 2 rings (SSSR count). The summed E-state index contributed by atoms with van der Waals surface area (Å²) in [6.45, 7) is 3.85. The van der Waals surface area contributed by atoms with Crippen molar-refractivity contribution in [2.75, 3.05) is 6.79 Å². The standard InChI is InChI=1S/C11H14FNO2/c1-11(2,13)5-7-8(12)3-4-9-10(7)15-6-14-9/h3-4H,5-6,13H2,1-2H3. The van der Waals surface area contributed by atoms with Crippen LogP contribution in [-0.2, 0) is 6.42 Å². The monoisotopic (exact) mass is 211 g/mol. The second kappa shape index (κ2) is 3.38. The molecule has 0 amide bonds. The van der Waals surface area contributed by atoms with Crippen LogP contribution in [0.15, 0.2) is 12.1 Å². The molecule has 0 radical (unpaired) electrons. The molecule has 82 valence electrons. The summed E-state index contributed by atoms with van der Waals surface area (Å²) in [7, 11) is 0. The molecule has 1 aliphatic rings. The van der Waals surface area contributed by atoms with Crippen LogP contribution in [0.2, 0.25) is 0 Å². The molecule has 0 spiro atoms. The number of nitrogens with two attached hydrogens (primary N) is 1. The molecule has 3 nitrogen and oxygen atoms in total. The van der Waals surface area contributed by atoms with E-state index in [1.165, 1.54) is 6.07 Å². The molecule has 1 aliphatic heterocycles. The van der Waals surface area contributed by atoms with Crippen molar-refractivity contribution in [3.8, 4) is 11.5 Å². The molecule has 1 heterocycles. The molecule has 0 fully saturated rings. The molecule has 1 aromatic rings. The number of fused-ring (bicyclic) bond motifs is 1. The molecule has 0 unspecified atom stereocenters. The van der Waals surface area contributed by atoms with Crippen molar-refractivity contribution in [2.24, 2.45) is 5.73 Å². The van der Waals surface area contributed by atoms with E-state index in [-0.39, 0.29) is 12.6 Å². The van der Waals surface area contributed by atoms with Gasteiger partial charge in [-0.2, -0.15) is 0 Å². The Kier molecular flexibility index (Phi) is 2.31. The van der Waals surface area contributed by atoms with Gasteiger partial charge >= 0.3 is 0 Å². The van der Waals surface area contributed by atoms with Crippen LogP contribution in [0, 0.1) is 5.82 Å². The Hall–Kier alpha value is -1.29. The minimum absolute atomic E-state index is 0.150. The summed E-state index contributed by atoms with van der Waals surface area (Å²) in [5.74, 6) is 0.793. The van der Waals surface area contributed by atoms with Crippen LogP contribution in [0.25, 0.3) is 0 Å². The highest BCUT2D eigenvalue weighted by Crippen LogP contribution is 2.38. The molecule has 0 atom stereocenters. The maximum atomic E-state index is 13.6. The highest BCUT2D eigenvalue weighted by atomic mass is 19.1. The number of hydrogen-bond donors (Lipinski definition) is 1. The molecule has 0 saturated heterocycles. The number of rotatable bonds is 2. The van der Waals surface area contributed by atoms with E-state index in [0.29, 0.717) is 23.5 Å². The quantitative estimate of drug-likeness (QED) is 0.811. The fourth-order valence-corrected chi connectivity index (χ4v) is 1.63. The molecule has 0 aliphatic carbocycles. The number of halogens is 1. The molecule has 1 aromatic carbocycles. The summed E-state index contributed by atoms with van der Waals surface area (Å²) in [6.07, 6.45) is 0.422. The van der Waals surface area contributed by atoms with Gasteiger partial charge in [0, 0.05) is 11.1 Å². The maximum absolute atomic E-state index is 13.6. The number of benzene rings is 1. The second-order valence-electron chi connectivity index (χ2n) is 4.43. The summed E-state index contributed by atoms with van der Waals surface area (Å²) in [5.41, 5.74) is 5.89. The first-order valence-corrected chi connectivity index (χ1v) is 4.83. The summed E-state index contributed by atoms with van der Waals surface area (Å²) in [4.78, 5) is 0. The van der Waals surface area contributed by atoms with Crippen molar-refractivity contribution in [1.82, 2.24) is 0 Å². The van der Waals surface area contributed by atoms with Crippen molar-refractivity contribution >= 4 is 0 Å². The van der Waals surface area contributed by atoms with E-state index in [9.17, 15) is 4.39 Å². The summed E-state index contributed by atoms with van der Waals surface area (Å²) >= 11 is 0. The van der Waals surface area contributed by atoms with Crippen LogP contribution in [0.1, 0.15) is 19.4 Å². The van der Waals surface area contributed by atoms with E-state index < -0.39 is 5.54 Å². The molecule has 0 bridgehead atoms. The predicted octanol–water partition coefficient (Wildman–Crippen LogP) is 1.83. The maximum Gasteiger partial charge on any atom is 0.231 e. The highest BCUT2D eigenvalue weighted by molar-refractivity contribution is 5.49. The summed E-state index contributed by atoms with van der Waals surface area (Å²) in [5, 5.41) is 0. The predicted molar refractivity (Wildman–Crippen MR) is 54.5 cm³/mol. The topological polar surface area (TPSA) is 44.5 Å². The van der Waals surface area contributed by atoms with Crippen molar-refractivity contribution in [3.63, 3.8) is 0 Å². The van der Waals surface area contributed by atoms with Gasteiger partial charge in [-0.05, 0) is 32.4 Å². The van der Waals surface area contributed by atoms with Crippen LogP contribution < -0.4 is 15.2 Å². The van der Waals surface area contributed by atoms with Gasteiger partial charge in [0.25, 0.3) is 0 Å². The van der Waals surface area contributed by atoms with Crippen molar-refractivity contribution in [2.45, 2.75) is 25.8 Å². The van der Waals surface area contributed by atoms with E-state index >= 15 is 0 Å².